The Kier molecular flexibility index (Phi) is 5.58. The van der Waals surface area contributed by atoms with E-state index in [1.807, 2.05) is 6.92 Å². The predicted octanol–water partition coefficient (Wildman–Crippen LogP) is 1.39. The molecular weight excluding hydrogens is 270 g/mol. The molecule has 2 rings (SSSR count). The van der Waals surface area contributed by atoms with Crippen molar-refractivity contribution in [3.8, 4) is 0 Å². The highest BCUT2D eigenvalue weighted by Crippen LogP contribution is 2.32. The van der Waals surface area contributed by atoms with E-state index in [4.69, 9.17) is 10.5 Å². The van der Waals surface area contributed by atoms with Crippen LogP contribution in [-0.4, -0.2) is 48.2 Å². The Hall–Kier alpha value is -1.14. The average molecular weight is 297 g/mol. The van der Waals surface area contributed by atoms with Gasteiger partial charge in [0.15, 0.2) is 0 Å². The van der Waals surface area contributed by atoms with Gasteiger partial charge in [0.25, 0.3) is 5.91 Å². The monoisotopic (exact) mass is 297 g/mol. The van der Waals surface area contributed by atoms with E-state index in [1.54, 1.807) is 0 Å². The summed E-state index contributed by atoms with van der Waals surface area (Å²) in [6.07, 6.45) is 6.68. The van der Waals surface area contributed by atoms with E-state index < -0.39 is 5.54 Å². The summed E-state index contributed by atoms with van der Waals surface area (Å²) in [7, 11) is 0. The van der Waals surface area contributed by atoms with Crippen LogP contribution in [0.5, 0.6) is 0 Å². The third-order valence-electron chi connectivity index (χ3n) is 4.50. The molecule has 0 aromatic heterocycles. The molecule has 21 heavy (non-hydrogen) atoms. The molecular formula is C15H27N3O3. The zero-order valence-electron chi connectivity index (χ0n) is 12.9. The average Bonchev–Trinajstić information content (AvgIpc) is 2.67. The molecule has 1 aliphatic heterocycles. The fourth-order valence-electron chi connectivity index (χ4n) is 3.32. The van der Waals surface area contributed by atoms with Crippen LogP contribution in [0, 0.1) is 0 Å². The third kappa shape index (κ3) is 3.55. The molecule has 6 heteroatoms. The van der Waals surface area contributed by atoms with Gasteiger partial charge in [0.05, 0.1) is 12.6 Å². The van der Waals surface area contributed by atoms with E-state index in [-0.39, 0.29) is 24.6 Å². The van der Waals surface area contributed by atoms with Crippen molar-refractivity contribution < 1.29 is 14.3 Å². The molecule has 6 nitrogen and oxygen atoms in total. The molecule has 2 aliphatic rings. The second-order valence-electron chi connectivity index (χ2n) is 6.01. The molecule has 1 aliphatic carbocycles. The first-order valence-electron chi connectivity index (χ1n) is 8.09. The van der Waals surface area contributed by atoms with Crippen LogP contribution in [-0.2, 0) is 9.53 Å². The zero-order valence-corrected chi connectivity index (χ0v) is 12.9. The predicted molar refractivity (Wildman–Crippen MR) is 79.8 cm³/mol. The summed E-state index contributed by atoms with van der Waals surface area (Å²) >= 11 is 0. The highest BCUT2D eigenvalue weighted by Gasteiger charge is 2.50. The van der Waals surface area contributed by atoms with Crippen molar-refractivity contribution in [2.24, 2.45) is 5.73 Å². The molecule has 0 aromatic carbocycles. The number of nitrogens with one attached hydrogen (secondary N) is 1. The summed E-state index contributed by atoms with van der Waals surface area (Å²) in [4.78, 5) is 26.3. The van der Waals surface area contributed by atoms with Gasteiger partial charge in [-0.05, 0) is 19.8 Å². The second-order valence-corrected chi connectivity index (χ2v) is 6.01. The van der Waals surface area contributed by atoms with Gasteiger partial charge in [0, 0.05) is 13.2 Å². The molecule has 1 unspecified atom stereocenters. The Bertz CT molecular complexity index is 378. The van der Waals surface area contributed by atoms with Crippen LogP contribution >= 0.6 is 0 Å². The van der Waals surface area contributed by atoms with Crippen LogP contribution < -0.4 is 11.1 Å². The molecule has 120 valence electrons. The van der Waals surface area contributed by atoms with E-state index in [0.29, 0.717) is 13.2 Å². The van der Waals surface area contributed by atoms with E-state index in [0.717, 1.165) is 38.5 Å². The van der Waals surface area contributed by atoms with E-state index in [1.165, 1.54) is 11.3 Å². The molecule has 1 atom stereocenters. The fraction of sp³-hybridized carbons (Fsp3) is 0.867. The molecule has 0 bridgehead atoms. The molecule has 1 saturated carbocycles. The first-order valence-corrected chi connectivity index (χ1v) is 8.09. The van der Waals surface area contributed by atoms with Gasteiger partial charge >= 0.3 is 6.03 Å². The zero-order chi connectivity index (χ0) is 15.3. The van der Waals surface area contributed by atoms with Gasteiger partial charge in [-0.1, -0.05) is 32.1 Å². The topological polar surface area (TPSA) is 84.7 Å². The Morgan fingerprint density at radius 2 is 1.86 bits per heavy atom. The summed E-state index contributed by atoms with van der Waals surface area (Å²) in [6, 6.07) is -0.293. The molecule has 1 heterocycles. The largest absolute Gasteiger partial charge is 0.375 e. The lowest BCUT2D eigenvalue weighted by molar-refractivity contribution is -0.133. The molecule has 0 radical (unpaired) electrons. The second kappa shape index (κ2) is 7.22. The standard InChI is InChI=1S/C15H27N3O3/c1-2-21-12(10-16)11-18-13(19)15(17-14(18)20)8-6-4-3-5-7-9-15/h12H,2-11,16H2,1H3,(H,17,20). The number of rotatable bonds is 5. The highest BCUT2D eigenvalue weighted by molar-refractivity contribution is 6.07. The highest BCUT2D eigenvalue weighted by atomic mass is 16.5. The van der Waals surface area contributed by atoms with Gasteiger partial charge in [-0.25, -0.2) is 4.79 Å². The number of carbonyl (C=O) groups excluding carboxylic acids is 2. The summed E-state index contributed by atoms with van der Waals surface area (Å²) < 4.78 is 5.47. The van der Waals surface area contributed by atoms with Gasteiger partial charge in [0.1, 0.15) is 5.54 Å². The number of hydrogen-bond acceptors (Lipinski definition) is 4. The van der Waals surface area contributed by atoms with Crippen molar-refractivity contribution in [2.75, 3.05) is 19.7 Å². The van der Waals surface area contributed by atoms with Gasteiger partial charge in [0.2, 0.25) is 0 Å². The minimum Gasteiger partial charge on any atom is -0.375 e. The maximum Gasteiger partial charge on any atom is 0.325 e. The lowest BCUT2D eigenvalue weighted by Gasteiger charge is -2.29. The number of urea groups is 1. The minimum absolute atomic E-state index is 0.0902. The van der Waals surface area contributed by atoms with E-state index >= 15 is 0 Å². The van der Waals surface area contributed by atoms with Crippen LogP contribution in [0.2, 0.25) is 0 Å². The number of carbonyl (C=O) groups is 2. The van der Waals surface area contributed by atoms with Gasteiger partial charge < -0.3 is 15.8 Å². The molecule has 2 fully saturated rings. The smallest absolute Gasteiger partial charge is 0.325 e. The molecule has 1 spiro atoms. The Balaban J connectivity index is 2.07. The summed E-state index contributed by atoms with van der Waals surface area (Å²) in [5.74, 6) is -0.0902. The number of nitrogens with two attached hydrogens (primary N) is 1. The van der Waals surface area contributed by atoms with Crippen LogP contribution in [0.3, 0.4) is 0 Å². The number of ether oxygens (including phenoxy) is 1. The summed E-state index contributed by atoms with van der Waals surface area (Å²) in [5.41, 5.74) is 4.97. The number of imide groups is 1. The van der Waals surface area contributed by atoms with Crippen LogP contribution in [0.4, 0.5) is 4.79 Å². The lowest BCUT2D eigenvalue weighted by atomic mass is 9.84. The fourth-order valence-corrected chi connectivity index (χ4v) is 3.32. The molecule has 1 saturated heterocycles. The van der Waals surface area contributed by atoms with Crippen molar-refractivity contribution in [3.63, 3.8) is 0 Å². The Morgan fingerprint density at radius 3 is 2.43 bits per heavy atom. The molecule has 3 N–H and O–H groups in total. The summed E-state index contributed by atoms with van der Waals surface area (Å²) in [6.45, 7) is 2.95. The van der Waals surface area contributed by atoms with E-state index in [2.05, 4.69) is 5.32 Å². The summed E-state index contributed by atoms with van der Waals surface area (Å²) in [5, 5.41) is 2.95. The Labute approximate surface area is 126 Å². The van der Waals surface area contributed by atoms with Gasteiger partial charge in [-0.2, -0.15) is 0 Å². The molecule has 0 aromatic rings. The maximum atomic E-state index is 12.8. The number of amides is 3. The third-order valence-corrected chi connectivity index (χ3v) is 4.50. The number of nitrogens with zero attached hydrogens (tertiary/aromatic N) is 1. The normalized spacial score (nSPS) is 23.8. The van der Waals surface area contributed by atoms with Crippen LogP contribution in [0.15, 0.2) is 0 Å². The van der Waals surface area contributed by atoms with Crippen LogP contribution in [0.25, 0.3) is 0 Å². The maximum absolute atomic E-state index is 12.8. The van der Waals surface area contributed by atoms with Crippen molar-refractivity contribution in [1.29, 1.82) is 0 Å². The van der Waals surface area contributed by atoms with E-state index in [9.17, 15) is 9.59 Å². The first kappa shape index (κ1) is 16.2. The lowest BCUT2D eigenvalue weighted by Crippen LogP contribution is -2.48. The SMILES string of the molecule is CCOC(CN)CN1C(=O)NC2(CCCCCCC2)C1=O. The van der Waals surface area contributed by atoms with Crippen molar-refractivity contribution in [3.05, 3.63) is 0 Å². The van der Waals surface area contributed by atoms with Gasteiger partial charge in [-0.3, -0.25) is 9.69 Å². The van der Waals surface area contributed by atoms with Gasteiger partial charge in [-0.15, -0.1) is 0 Å². The Morgan fingerprint density at radius 1 is 1.24 bits per heavy atom. The first-order chi connectivity index (χ1) is 10.1. The number of hydrogen-bond donors (Lipinski definition) is 2. The quantitative estimate of drug-likeness (QED) is 0.751. The minimum atomic E-state index is -0.678. The van der Waals surface area contributed by atoms with Crippen LogP contribution in [0.1, 0.15) is 51.9 Å². The van der Waals surface area contributed by atoms with Crippen molar-refractivity contribution >= 4 is 11.9 Å². The van der Waals surface area contributed by atoms with Crippen molar-refractivity contribution in [2.45, 2.75) is 63.5 Å². The molecule has 3 amide bonds. The van der Waals surface area contributed by atoms with Crippen molar-refractivity contribution in [1.82, 2.24) is 10.2 Å².